The van der Waals surface area contributed by atoms with Crippen LogP contribution >= 0.6 is 0 Å². The molecule has 0 radical (unpaired) electrons. The summed E-state index contributed by atoms with van der Waals surface area (Å²) in [5.41, 5.74) is -0.0469. The standard InChI is InChI=1S/C31H33N3O6S/c1-20-8-4-7-11-29(20)41(37,38)33-30(35)22-13-12-21(28(17-22)39-3)16-23-19-34(2)27-15-14-24(18-26(23)27)32-31(36)40-25-9-5-6-10-25/h4,7-8,11-15,17-19,25H,5-6,9-10,16H2,1-3H3,(H,32,36)(H,33,35)/i1D3,9D2,10D2,16D2,25D. The molecule has 0 bridgehead atoms. The number of benzene rings is 3. The fourth-order valence-electron chi connectivity index (χ4n) is 4.31. The van der Waals surface area contributed by atoms with Gasteiger partial charge < -0.3 is 14.0 Å². The molecule has 0 spiro atoms. The largest absolute Gasteiger partial charge is 0.496 e. The van der Waals surface area contributed by atoms with Crippen LogP contribution in [-0.2, 0) is 28.2 Å². The van der Waals surface area contributed by atoms with Gasteiger partial charge in [-0.05, 0) is 85.5 Å². The van der Waals surface area contributed by atoms with Crippen molar-refractivity contribution in [2.75, 3.05) is 12.4 Å². The van der Waals surface area contributed by atoms with Crippen molar-refractivity contribution in [3.63, 3.8) is 0 Å². The van der Waals surface area contributed by atoms with Crippen LogP contribution in [0.3, 0.4) is 0 Å². The zero-order valence-corrected chi connectivity index (χ0v) is 22.9. The second-order valence-electron chi connectivity index (χ2n) is 9.05. The highest BCUT2D eigenvalue weighted by Gasteiger charge is 2.22. The number of hydrogen-bond donors (Lipinski definition) is 2. The van der Waals surface area contributed by atoms with Gasteiger partial charge >= 0.3 is 6.09 Å². The van der Waals surface area contributed by atoms with Crippen LogP contribution in [0, 0.1) is 6.85 Å². The minimum atomic E-state index is -4.64. The van der Waals surface area contributed by atoms with Gasteiger partial charge in [0.05, 0.1) is 13.4 Å². The Bertz CT molecular complexity index is 2140. The van der Waals surface area contributed by atoms with Crippen LogP contribution in [0.15, 0.2) is 71.8 Å². The number of amides is 2. The van der Waals surface area contributed by atoms with E-state index in [2.05, 4.69) is 5.32 Å². The third kappa shape index (κ3) is 6.22. The molecule has 9 nitrogen and oxygen atoms in total. The van der Waals surface area contributed by atoms with Crippen LogP contribution < -0.4 is 14.8 Å². The maximum atomic E-state index is 13.1. The Kier molecular flexibility index (Phi) is 5.17. The van der Waals surface area contributed by atoms with Crippen LogP contribution in [0.4, 0.5) is 10.5 Å². The molecule has 1 aromatic heterocycles. The number of anilines is 1. The topological polar surface area (TPSA) is 116 Å². The van der Waals surface area contributed by atoms with Gasteiger partial charge in [-0.15, -0.1) is 0 Å². The quantitative estimate of drug-likeness (QED) is 0.274. The summed E-state index contributed by atoms with van der Waals surface area (Å²) in [6.45, 7) is -2.78. The number of fused-ring (bicyclic) bond motifs is 1. The summed E-state index contributed by atoms with van der Waals surface area (Å²) >= 11 is 0. The van der Waals surface area contributed by atoms with E-state index in [9.17, 15) is 18.0 Å². The monoisotopic (exact) mass is 585 g/mol. The summed E-state index contributed by atoms with van der Waals surface area (Å²) < 4.78 is 122. The molecule has 1 aliphatic carbocycles. The highest BCUT2D eigenvalue weighted by Crippen LogP contribution is 2.30. The van der Waals surface area contributed by atoms with Gasteiger partial charge in [-0.1, -0.05) is 24.3 Å². The first-order chi connectivity index (χ1) is 23.4. The predicted molar refractivity (Wildman–Crippen MR) is 157 cm³/mol. The summed E-state index contributed by atoms with van der Waals surface area (Å²) in [5.74, 6) is -1.25. The van der Waals surface area contributed by atoms with Crippen molar-refractivity contribution < 1.29 is 41.2 Å². The fraction of sp³-hybridized carbons (Fsp3) is 0.290. The molecule has 41 heavy (non-hydrogen) atoms. The van der Waals surface area contributed by atoms with Gasteiger partial charge in [0, 0.05) is 54.1 Å². The molecule has 3 aromatic carbocycles. The van der Waals surface area contributed by atoms with Gasteiger partial charge in [0.25, 0.3) is 15.9 Å². The van der Waals surface area contributed by atoms with E-state index < -0.39 is 64.5 Å². The number of nitrogens with one attached hydrogen (secondary N) is 2. The summed E-state index contributed by atoms with van der Waals surface area (Å²) in [4.78, 5) is 25.3. The second-order valence-corrected chi connectivity index (χ2v) is 10.7. The lowest BCUT2D eigenvalue weighted by Crippen LogP contribution is -2.31. The lowest BCUT2D eigenvalue weighted by atomic mass is 10.0. The van der Waals surface area contributed by atoms with E-state index in [4.69, 9.17) is 23.2 Å². The number of methoxy groups -OCH3 is 1. The number of rotatable bonds is 8. The number of hydrogen-bond acceptors (Lipinski definition) is 6. The molecule has 214 valence electrons. The number of sulfonamides is 1. The summed E-state index contributed by atoms with van der Waals surface area (Å²) in [7, 11) is -1.76. The molecular weight excluding hydrogens is 542 g/mol. The Hall–Kier alpha value is -4.31. The summed E-state index contributed by atoms with van der Waals surface area (Å²) in [5, 5.41) is 2.69. The number of aryl methyl sites for hydroxylation is 2. The van der Waals surface area contributed by atoms with Crippen LogP contribution in [-0.4, -0.2) is 38.2 Å². The van der Waals surface area contributed by atoms with Crippen molar-refractivity contribution in [3.8, 4) is 5.75 Å². The normalized spacial score (nSPS) is 21.2. The molecule has 1 fully saturated rings. The number of aromatic nitrogens is 1. The van der Waals surface area contributed by atoms with Crippen LogP contribution in [0.25, 0.3) is 10.9 Å². The van der Waals surface area contributed by atoms with E-state index >= 15 is 0 Å². The Morgan fingerprint density at radius 1 is 1.12 bits per heavy atom. The molecule has 0 aliphatic heterocycles. The lowest BCUT2D eigenvalue weighted by Gasteiger charge is -2.13. The zero-order valence-electron chi connectivity index (χ0n) is 32.1. The highest BCUT2D eigenvalue weighted by molar-refractivity contribution is 7.90. The van der Waals surface area contributed by atoms with Gasteiger partial charge in [0.1, 0.15) is 11.8 Å². The summed E-state index contributed by atoms with van der Waals surface area (Å²) in [6, 6.07) is 12.9. The number of ether oxygens (including phenoxy) is 2. The van der Waals surface area contributed by atoms with Crippen molar-refractivity contribution >= 4 is 38.6 Å². The van der Waals surface area contributed by atoms with E-state index in [1.807, 2.05) is 4.72 Å². The zero-order chi connectivity index (χ0) is 37.9. The van der Waals surface area contributed by atoms with Gasteiger partial charge in [-0.25, -0.2) is 17.9 Å². The molecule has 5 rings (SSSR count). The molecule has 0 saturated heterocycles. The average molecular weight is 586 g/mol. The first kappa shape index (κ1) is 18.2. The average Bonchev–Trinajstić information content (AvgIpc) is 3.45. The maximum Gasteiger partial charge on any atom is 0.411 e. The predicted octanol–water partition coefficient (Wildman–Crippen LogP) is 5.70. The van der Waals surface area contributed by atoms with E-state index in [0.29, 0.717) is 10.9 Å². The number of carbonyl (C=O) groups excluding carboxylic acids is 2. The van der Waals surface area contributed by atoms with Crippen LogP contribution in [0.1, 0.15) is 66.3 Å². The maximum absolute atomic E-state index is 13.1. The van der Waals surface area contributed by atoms with E-state index in [-0.39, 0.29) is 41.0 Å². The van der Waals surface area contributed by atoms with Crippen molar-refractivity contribution in [2.24, 2.45) is 7.05 Å². The van der Waals surface area contributed by atoms with Gasteiger partial charge in [-0.2, -0.15) is 0 Å². The number of nitrogens with zero attached hydrogens (tertiary/aromatic N) is 1. The minimum absolute atomic E-state index is 0.0516. The van der Waals surface area contributed by atoms with E-state index in [1.54, 1.807) is 17.7 Å². The van der Waals surface area contributed by atoms with Gasteiger partial charge in [0.2, 0.25) is 0 Å². The molecule has 2 N–H and O–H groups in total. The Labute approximate surface area is 253 Å². The van der Waals surface area contributed by atoms with E-state index in [0.717, 1.165) is 18.2 Å². The second kappa shape index (κ2) is 11.7. The van der Waals surface area contributed by atoms with Crippen molar-refractivity contribution in [3.05, 3.63) is 89.1 Å². The molecule has 0 atom stereocenters. The molecule has 4 aromatic rings. The molecule has 10 heteroatoms. The molecule has 0 unspecified atom stereocenters. The highest BCUT2D eigenvalue weighted by atomic mass is 32.2. The minimum Gasteiger partial charge on any atom is -0.496 e. The smallest absolute Gasteiger partial charge is 0.411 e. The van der Waals surface area contributed by atoms with Crippen LogP contribution in [0.2, 0.25) is 0 Å². The summed E-state index contributed by atoms with van der Waals surface area (Å²) in [6.07, 6.45) is -10.5. The third-order valence-electron chi connectivity index (χ3n) is 6.26. The van der Waals surface area contributed by atoms with Gasteiger partial charge in [0.15, 0.2) is 0 Å². The van der Waals surface area contributed by atoms with E-state index in [1.165, 1.54) is 49.7 Å². The van der Waals surface area contributed by atoms with Crippen molar-refractivity contribution in [1.82, 2.24) is 9.29 Å². The SMILES string of the molecule is [2H]C([2H])([2H])c1ccccc1S(=O)(=O)NC(=O)c1ccc(C([2H])([2H])c2cn(C)c3ccc(NC(=O)OC4([2H])C([2H])([2H])CCC4([2H])[2H])cc23)c(OC)c1. The third-order valence-corrected chi connectivity index (χ3v) is 7.65. The van der Waals surface area contributed by atoms with Gasteiger partial charge in [-0.3, -0.25) is 10.1 Å². The lowest BCUT2D eigenvalue weighted by molar-refractivity contribution is 0.0980. The fourth-order valence-corrected chi connectivity index (χ4v) is 5.40. The molecule has 1 heterocycles. The molecule has 2 amide bonds. The first-order valence-electron chi connectivity index (χ1n) is 17.4. The first-order valence-corrected chi connectivity index (χ1v) is 13.9. The Morgan fingerprint density at radius 2 is 1.90 bits per heavy atom. The molecule has 1 aliphatic rings. The molecule has 1 saturated carbocycles. The van der Waals surface area contributed by atoms with Crippen molar-refractivity contribution in [2.45, 2.75) is 49.8 Å². The Morgan fingerprint density at radius 3 is 2.66 bits per heavy atom. The Balaban J connectivity index is 1.44. The number of carbonyl (C=O) groups is 2. The van der Waals surface area contributed by atoms with Crippen molar-refractivity contribution in [1.29, 1.82) is 0 Å². The van der Waals surface area contributed by atoms with Crippen LogP contribution in [0.5, 0.6) is 5.75 Å². The molecular formula is C31H33N3O6S.